The monoisotopic (exact) mass is 305 g/mol. The van der Waals surface area contributed by atoms with Crippen LogP contribution in [0.5, 0.6) is 0 Å². The largest absolute Gasteiger partial charge is 0.478 e. The lowest BCUT2D eigenvalue weighted by molar-refractivity contribution is 0.0698. The fourth-order valence-corrected chi connectivity index (χ4v) is 1.93. The molecule has 2 rings (SSSR count). The standard InChI is InChI=1S/C14H9ClFN3O2/c15-9-3-7(6-17)1-2-12(9)19-13-4-8(14(20)21)11(18)5-10(13)16/h1-5,19H,18H2,(H,20,21). The molecular weight excluding hydrogens is 297 g/mol. The number of hydrogen-bond acceptors (Lipinski definition) is 4. The predicted molar refractivity (Wildman–Crippen MR) is 77.2 cm³/mol. The Kier molecular flexibility index (Phi) is 3.96. The molecule has 21 heavy (non-hydrogen) atoms. The normalized spacial score (nSPS) is 9.95. The number of nitrogens with zero attached hydrogens (tertiary/aromatic N) is 1. The van der Waals surface area contributed by atoms with Crippen molar-refractivity contribution in [3.8, 4) is 6.07 Å². The van der Waals surface area contributed by atoms with E-state index >= 15 is 0 Å². The molecule has 2 aromatic carbocycles. The minimum absolute atomic E-state index is 0.0757. The van der Waals surface area contributed by atoms with Gasteiger partial charge in [0.15, 0.2) is 0 Å². The number of nitrogen functional groups attached to an aromatic ring is 1. The van der Waals surface area contributed by atoms with Crippen LogP contribution in [0.25, 0.3) is 0 Å². The molecule has 2 aromatic rings. The first-order valence-corrected chi connectivity index (χ1v) is 6.09. The molecule has 0 unspecified atom stereocenters. The van der Waals surface area contributed by atoms with E-state index in [0.29, 0.717) is 11.3 Å². The van der Waals surface area contributed by atoms with E-state index in [1.165, 1.54) is 18.2 Å². The molecule has 7 heteroatoms. The second-order valence-corrected chi connectivity index (χ2v) is 4.56. The van der Waals surface area contributed by atoms with Crippen molar-refractivity contribution in [2.75, 3.05) is 11.1 Å². The minimum atomic E-state index is -1.26. The highest BCUT2D eigenvalue weighted by Crippen LogP contribution is 2.29. The Bertz CT molecular complexity index is 772. The fourth-order valence-electron chi connectivity index (χ4n) is 1.70. The summed E-state index contributed by atoms with van der Waals surface area (Å²) in [7, 11) is 0. The number of aromatic carboxylic acids is 1. The van der Waals surface area contributed by atoms with E-state index in [1.807, 2.05) is 6.07 Å². The van der Waals surface area contributed by atoms with Gasteiger partial charge < -0.3 is 16.2 Å². The second-order valence-electron chi connectivity index (χ2n) is 4.16. The molecule has 0 amide bonds. The van der Waals surface area contributed by atoms with Crippen LogP contribution in [0.2, 0.25) is 5.02 Å². The molecule has 106 valence electrons. The van der Waals surface area contributed by atoms with Gasteiger partial charge >= 0.3 is 5.97 Å². The quantitative estimate of drug-likeness (QED) is 0.755. The highest BCUT2D eigenvalue weighted by molar-refractivity contribution is 6.33. The molecule has 0 spiro atoms. The van der Waals surface area contributed by atoms with E-state index in [0.717, 1.165) is 12.1 Å². The van der Waals surface area contributed by atoms with Crippen LogP contribution in [-0.4, -0.2) is 11.1 Å². The van der Waals surface area contributed by atoms with Gasteiger partial charge in [0.25, 0.3) is 0 Å². The Morgan fingerprint density at radius 1 is 1.33 bits per heavy atom. The Hall–Kier alpha value is -2.78. The molecule has 0 aliphatic rings. The highest BCUT2D eigenvalue weighted by atomic mass is 35.5. The first-order chi connectivity index (χ1) is 9.92. The van der Waals surface area contributed by atoms with Crippen molar-refractivity contribution in [1.82, 2.24) is 0 Å². The molecule has 0 bridgehead atoms. The Balaban J connectivity index is 2.42. The zero-order valence-corrected chi connectivity index (χ0v) is 11.3. The summed E-state index contributed by atoms with van der Waals surface area (Å²) in [6.45, 7) is 0. The molecule has 0 saturated carbocycles. The van der Waals surface area contributed by atoms with Crippen LogP contribution < -0.4 is 11.1 Å². The minimum Gasteiger partial charge on any atom is -0.478 e. The lowest BCUT2D eigenvalue weighted by Gasteiger charge is -2.11. The number of carboxylic acid groups (broad SMARTS) is 1. The molecule has 0 fully saturated rings. The van der Waals surface area contributed by atoms with Crippen LogP contribution in [0.4, 0.5) is 21.5 Å². The number of nitriles is 1. The topological polar surface area (TPSA) is 99.1 Å². The van der Waals surface area contributed by atoms with Gasteiger partial charge in [0.05, 0.1) is 33.6 Å². The summed E-state index contributed by atoms with van der Waals surface area (Å²) in [4.78, 5) is 11.0. The summed E-state index contributed by atoms with van der Waals surface area (Å²) >= 11 is 5.97. The maximum atomic E-state index is 13.8. The van der Waals surface area contributed by atoms with Gasteiger partial charge in [0.2, 0.25) is 0 Å². The summed E-state index contributed by atoms with van der Waals surface area (Å²) < 4.78 is 13.8. The molecule has 0 radical (unpaired) electrons. The molecule has 0 atom stereocenters. The van der Waals surface area contributed by atoms with Gasteiger partial charge in [-0.3, -0.25) is 0 Å². The average Bonchev–Trinajstić information content (AvgIpc) is 2.43. The first-order valence-electron chi connectivity index (χ1n) is 5.71. The van der Waals surface area contributed by atoms with Crippen LogP contribution >= 0.6 is 11.6 Å². The van der Waals surface area contributed by atoms with E-state index in [9.17, 15) is 9.18 Å². The third-order valence-electron chi connectivity index (χ3n) is 2.74. The molecule has 4 N–H and O–H groups in total. The summed E-state index contributed by atoms with van der Waals surface area (Å²) in [6, 6.07) is 8.34. The molecule has 0 aliphatic carbocycles. The van der Waals surface area contributed by atoms with Crippen LogP contribution in [0, 0.1) is 17.1 Å². The van der Waals surface area contributed by atoms with Crippen molar-refractivity contribution in [3.05, 3.63) is 52.3 Å². The second kappa shape index (κ2) is 5.69. The van der Waals surface area contributed by atoms with Crippen molar-refractivity contribution in [3.63, 3.8) is 0 Å². The fraction of sp³-hybridized carbons (Fsp3) is 0. The third kappa shape index (κ3) is 3.04. The van der Waals surface area contributed by atoms with E-state index in [1.54, 1.807) is 0 Å². The van der Waals surface area contributed by atoms with Crippen molar-refractivity contribution < 1.29 is 14.3 Å². The number of hydrogen-bond donors (Lipinski definition) is 3. The number of halogens is 2. The summed E-state index contributed by atoms with van der Waals surface area (Å²) in [5, 5.41) is 20.6. The van der Waals surface area contributed by atoms with Crippen LogP contribution in [0.1, 0.15) is 15.9 Å². The highest BCUT2D eigenvalue weighted by Gasteiger charge is 2.14. The zero-order chi connectivity index (χ0) is 15.6. The predicted octanol–water partition coefficient (Wildman–Crippen LogP) is 3.37. The van der Waals surface area contributed by atoms with Crippen LogP contribution in [0.3, 0.4) is 0 Å². The van der Waals surface area contributed by atoms with Crippen LogP contribution in [-0.2, 0) is 0 Å². The van der Waals surface area contributed by atoms with E-state index < -0.39 is 11.8 Å². The van der Waals surface area contributed by atoms with E-state index in [4.69, 9.17) is 27.7 Å². The van der Waals surface area contributed by atoms with Crippen molar-refractivity contribution in [1.29, 1.82) is 5.26 Å². The van der Waals surface area contributed by atoms with Gasteiger partial charge in [0, 0.05) is 5.69 Å². The van der Waals surface area contributed by atoms with Gasteiger partial charge in [-0.05, 0) is 30.3 Å². The smallest absolute Gasteiger partial charge is 0.337 e. The van der Waals surface area contributed by atoms with Gasteiger partial charge in [-0.2, -0.15) is 5.26 Å². The maximum absolute atomic E-state index is 13.8. The Labute approximate surface area is 124 Å². The maximum Gasteiger partial charge on any atom is 0.337 e. The molecule has 0 aromatic heterocycles. The van der Waals surface area contributed by atoms with E-state index in [2.05, 4.69) is 5.32 Å². The lowest BCUT2D eigenvalue weighted by Crippen LogP contribution is -2.05. The SMILES string of the molecule is N#Cc1ccc(Nc2cc(C(=O)O)c(N)cc2F)c(Cl)c1. The van der Waals surface area contributed by atoms with Gasteiger partial charge in [0.1, 0.15) is 5.82 Å². The summed E-state index contributed by atoms with van der Waals surface area (Å²) in [5.41, 5.74) is 5.68. The van der Waals surface area contributed by atoms with Gasteiger partial charge in [-0.1, -0.05) is 11.6 Å². The number of nitrogens with two attached hydrogens (primary N) is 1. The molecule has 0 aliphatic heterocycles. The number of rotatable bonds is 3. The summed E-state index contributed by atoms with van der Waals surface area (Å²) in [5.74, 6) is -1.97. The molecular formula is C14H9ClFN3O2. The number of benzene rings is 2. The summed E-state index contributed by atoms with van der Waals surface area (Å²) in [6.07, 6.45) is 0. The average molecular weight is 306 g/mol. The molecule has 5 nitrogen and oxygen atoms in total. The number of anilines is 3. The molecule has 0 heterocycles. The molecule has 0 saturated heterocycles. The van der Waals surface area contributed by atoms with Crippen molar-refractivity contribution in [2.24, 2.45) is 0 Å². The number of nitrogens with one attached hydrogen (secondary N) is 1. The van der Waals surface area contributed by atoms with Crippen LogP contribution in [0.15, 0.2) is 30.3 Å². The third-order valence-corrected chi connectivity index (χ3v) is 3.05. The number of carbonyl (C=O) groups is 1. The van der Waals surface area contributed by atoms with Gasteiger partial charge in [-0.25, -0.2) is 9.18 Å². The van der Waals surface area contributed by atoms with Crippen molar-refractivity contribution in [2.45, 2.75) is 0 Å². The van der Waals surface area contributed by atoms with Crippen molar-refractivity contribution >= 4 is 34.6 Å². The lowest BCUT2D eigenvalue weighted by atomic mass is 10.1. The first kappa shape index (κ1) is 14.6. The Morgan fingerprint density at radius 2 is 2.05 bits per heavy atom. The van der Waals surface area contributed by atoms with E-state index in [-0.39, 0.29) is 22.0 Å². The number of carboxylic acids is 1. The zero-order valence-electron chi connectivity index (χ0n) is 10.5. The van der Waals surface area contributed by atoms with Gasteiger partial charge in [-0.15, -0.1) is 0 Å². The Morgan fingerprint density at radius 3 is 2.62 bits per heavy atom.